The average molecular weight is 219 g/mol. The monoisotopic (exact) mass is 219 g/mol. The quantitative estimate of drug-likeness (QED) is 0.779. The summed E-state index contributed by atoms with van der Waals surface area (Å²) >= 11 is 0. The van der Waals surface area contributed by atoms with E-state index in [1.54, 1.807) is 0 Å². The summed E-state index contributed by atoms with van der Waals surface area (Å²) in [6, 6.07) is 0.276. The van der Waals surface area contributed by atoms with E-state index in [9.17, 15) is 8.42 Å². The van der Waals surface area contributed by atoms with Gasteiger partial charge in [0.05, 0.1) is 11.0 Å². The Balaban J connectivity index is 2.82. The van der Waals surface area contributed by atoms with E-state index in [2.05, 4.69) is 12.2 Å². The van der Waals surface area contributed by atoms with E-state index < -0.39 is 9.84 Å². The number of hydrogen-bond donors (Lipinski definition) is 1. The number of hydrogen-bond acceptors (Lipinski definition) is 3. The molecule has 3 unspecified atom stereocenters. The van der Waals surface area contributed by atoms with E-state index in [4.69, 9.17) is 0 Å². The van der Waals surface area contributed by atoms with Crippen molar-refractivity contribution in [2.45, 2.75) is 57.4 Å². The van der Waals surface area contributed by atoms with Crippen molar-refractivity contribution in [3.8, 4) is 0 Å². The first kappa shape index (κ1) is 12.0. The zero-order chi connectivity index (χ0) is 10.8. The molecule has 0 amide bonds. The number of sulfone groups is 1. The predicted molar refractivity (Wildman–Crippen MR) is 59.2 cm³/mol. The average Bonchev–Trinajstić information content (AvgIpc) is 2.01. The van der Waals surface area contributed by atoms with Crippen LogP contribution in [-0.2, 0) is 9.84 Å². The Morgan fingerprint density at radius 1 is 1.36 bits per heavy atom. The van der Waals surface area contributed by atoms with Crippen LogP contribution < -0.4 is 5.32 Å². The zero-order valence-corrected chi connectivity index (χ0v) is 10.1. The summed E-state index contributed by atoms with van der Waals surface area (Å²) in [5.41, 5.74) is 0. The summed E-state index contributed by atoms with van der Waals surface area (Å²) in [5, 5.41) is 3.23. The Morgan fingerprint density at radius 3 is 2.50 bits per heavy atom. The van der Waals surface area contributed by atoms with Crippen LogP contribution in [0.1, 0.15) is 40.0 Å². The van der Waals surface area contributed by atoms with Gasteiger partial charge >= 0.3 is 0 Å². The second-order valence-electron chi connectivity index (χ2n) is 4.24. The van der Waals surface area contributed by atoms with E-state index in [0.717, 1.165) is 19.3 Å². The highest BCUT2D eigenvalue weighted by atomic mass is 32.2. The Bertz CT molecular complexity index is 274. The van der Waals surface area contributed by atoms with Gasteiger partial charge in [0.1, 0.15) is 0 Å². The van der Waals surface area contributed by atoms with Crippen molar-refractivity contribution in [1.29, 1.82) is 0 Å². The Hall–Kier alpha value is -0.0900. The van der Waals surface area contributed by atoms with Gasteiger partial charge in [-0.05, 0) is 19.8 Å². The Morgan fingerprint density at radius 2 is 2.00 bits per heavy atom. The fourth-order valence-electron chi connectivity index (χ4n) is 2.36. The molecule has 14 heavy (non-hydrogen) atoms. The van der Waals surface area contributed by atoms with Crippen molar-refractivity contribution >= 4 is 9.84 Å². The highest BCUT2D eigenvalue weighted by Gasteiger charge is 2.37. The summed E-state index contributed by atoms with van der Waals surface area (Å²) in [6.45, 7) is 6.01. The minimum absolute atomic E-state index is 0.111. The summed E-state index contributed by atoms with van der Waals surface area (Å²) in [7, 11) is -2.86. The van der Waals surface area contributed by atoms with Crippen molar-refractivity contribution in [2.24, 2.45) is 0 Å². The molecule has 0 aromatic rings. The van der Waals surface area contributed by atoms with Gasteiger partial charge in [0, 0.05) is 12.1 Å². The maximum Gasteiger partial charge on any atom is 0.156 e. The maximum atomic E-state index is 11.9. The van der Waals surface area contributed by atoms with Crippen LogP contribution in [0, 0.1) is 0 Å². The summed E-state index contributed by atoms with van der Waals surface area (Å²) in [6.07, 6.45) is 2.73. The van der Waals surface area contributed by atoms with Crippen molar-refractivity contribution < 1.29 is 8.42 Å². The number of nitrogens with one attached hydrogen (secondary N) is 1. The zero-order valence-electron chi connectivity index (χ0n) is 9.29. The second-order valence-corrected chi connectivity index (χ2v) is 6.50. The second kappa shape index (κ2) is 4.62. The van der Waals surface area contributed by atoms with Crippen molar-refractivity contribution in [1.82, 2.24) is 5.32 Å². The third kappa shape index (κ3) is 2.48. The van der Waals surface area contributed by atoms with Crippen LogP contribution in [0.25, 0.3) is 0 Å². The van der Waals surface area contributed by atoms with Crippen LogP contribution in [-0.4, -0.2) is 31.5 Å². The lowest BCUT2D eigenvalue weighted by atomic mass is 10.0. The molecule has 0 aromatic heterocycles. The summed E-state index contributed by atoms with van der Waals surface area (Å²) in [5.74, 6) is 0.297. The predicted octanol–water partition coefficient (Wildman–Crippen LogP) is 1.34. The summed E-state index contributed by atoms with van der Waals surface area (Å²) < 4.78 is 23.7. The molecule has 0 spiro atoms. The molecule has 1 N–H and O–H groups in total. The molecule has 3 nitrogen and oxygen atoms in total. The molecule has 0 radical (unpaired) electrons. The lowest BCUT2D eigenvalue weighted by Gasteiger charge is -2.35. The largest absolute Gasteiger partial charge is 0.309 e. The van der Waals surface area contributed by atoms with Crippen LogP contribution in [0.2, 0.25) is 0 Å². The highest BCUT2D eigenvalue weighted by molar-refractivity contribution is 7.92. The molecule has 0 saturated carbocycles. The van der Waals surface area contributed by atoms with E-state index in [0.29, 0.717) is 5.75 Å². The molecular formula is C10H21NO2S. The topological polar surface area (TPSA) is 46.2 Å². The smallest absolute Gasteiger partial charge is 0.156 e. The van der Waals surface area contributed by atoms with Crippen molar-refractivity contribution in [3.05, 3.63) is 0 Å². The van der Waals surface area contributed by atoms with Gasteiger partial charge in [-0.2, -0.15) is 0 Å². The fraction of sp³-hybridized carbons (Fsp3) is 1.00. The highest BCUT2D eigenvalue weighted by Crippen LogP contribution is 2.21. The molecule has 4 heteroatoms. The van der Waals surface area contributed by atoms with Gasteiger partial charge in [-0.3, -0.25) is 0 Å². The van der Waals surface area contributed by atoms with Crippen LogP contribution in [0.3, 0.4) is 0 Å². The normalized spacial score (nSPS) is 36.9. The van der Waals surface area contributed by atoms with Crippen molar-refractivity contribution in [2.75, 3.05) is 5.75 Å². The van der Waals surface area contributed by atoms with Gasteiger partial charge in [-0.15, -0.1) is 0 Å². The molecule has 1 saturated heterocycles. The van der Waals surface area contributed by atoms with Gasteiger partial charge in [-0.25, -0.2) is 8.42 Å². The lowest BCUT2D eigenvalue weighted by Crippen LogP contribution is -2.56. The minimum Gasteiger partial charge on any atom is -0.309 e. The van der Waals surface area contributed by atoms with Crippen molar-refractivity contribution in [3.63, 3.8) is 0 Å². The van der Waals surface area contributed by atoms with Crippen LogP contribution >= 0.6 is 0 Å². The fourth-order valence-corrected chi connectivity index (χ4v) is 4.63. The molecule has 0 bridgehead atoms. The third-order valence-corrected chi connectivity index (χ3v) is 5.44. The summed E-state index contributed by atoms with van der Waals surface area (Å²) in [4.78, 5) is 0. The maximum absolute atomic E-state index is 11.9. The van der Waals surface area contributed by atoms with Crippen LogP contribution in [0.5, 0.6) is 0 Å². The molecule has 84 valence electrons. The molecular weight excluding hydrogens is 198 g/mol. The SMILES string of the molecule is CCCC1NC(C)CS(=O)(=O)C1CC. The molecule has 1 fully saturated rings. The van der Waals surface area contributed by atoms with Gasteiger partial charge in [0.15, 0.2) is 9.84 Å². The third-order valence-electron chi connectivity index (χ3n) is 2.89. The molecule has 1 heterocycles. The molecule has 0 aromatic carbocycles. The van der Waals surface area contributed by atoms with Gasteiger partial charge in [0.2, 0.25) is 0 Å². The van der Waals surface area contributed by atoms with Gasteiger partial charge in [-0.1, -0.05) is 20.3 Å². The standard InChI is InChI=1S/C10H21NO2S/c1-4-6-9-10(5-2)14(12,13)7-8(3)11-9/h8-11H,4-7H2,1-3H3. The van der Waals surface area contributed by atoms with E-state index in [1.165, 1.54) is 0 Å². The lowest BCUT2D eigenvalue weighted by molar-refractivity contribution is 0.383. The van der Waals surface area contributed by atoms with Crippen LogP contribution in [0.15, 0.2) is 0 Å². The van der Waals surface area contributed by atoms with Gasteiger partial charge < -0.3 is 5.32 Å². The number of rotatable bonds is 3. The van der Waals surface area contributed by atoms with E-state index in [-0.39, 0.29) is 17.3 Å². The van der Waals surface area contributed by atoms with Crippen LogP contribution in [0.4, 0.5) is 0 Å². The first-order valence-electron chi connectivity index (χ1n) is 5.48. The Kier molecular flexibility index (Phi) is 3.95. The first-order valence-corrected chi connectivity index (χ1v) is 7.20. The van der Waals surface area contributed by atoms with E-state index in [1.807, 2.05) is 13.8 Å². The Labute approximate surface area is 87.2 Å². The first-order chi connectivity index (χ1) is 6.51. The molecule has 1 rings (SSSR count). The van der Waals surface area contributed by atoms with Gasteiger partial charge in [0.25, 0.3) is 0 Å². The molecule has 1 aliphatic heterocycles. The molecule has 1 aliphatic rings. The molecule has 3 atom stereocenters. The minimum atomic E-state index is -2.86. The molecule has 0 aliphatic carbocycles. The van der Waals surface area contributed by atoms with E-state index >= 15 is 0 Å².